The van der Waals surface area contributed by atoms with Gasteiger partial charge in [0.15, 0.2) is 0 Å². The molecule has 2 unspecified atom stereocenters. The van der Waals surface area contributed by atoms with Crippen LogP contribution in [-0.4, -0.2) is 39.2 Å². The Bertz CT molecular complexity index is 442. The van der Waals surface area contributed by atoms with Crippen molar-refractivity contribution in [2.24, 2.45) is 7.05 Å². The maximum absolute atomic E-state index is 11.9. The van der Waals surface area contributed by atoms with Gasteiger partial charge in [0.25, 0.3) is 0 Å². The fourth-order valence-electron chi connectivity index (χ4n) is 3.15. The minimum Gasteiger partial charge on any atom is -0.338 e. The molecule has 1 aromatic heterocycles. The quantitative estimate of drug-likeness (QED) is 0.855. The number of nitrogens with zero attached hydrogens (tertiary/aromatic N) is 3. The van der Waals surface area contributed by atoms with E-state index in [4.69, 9.17) is 0 Å². The fraction of sp³-hybridized carbons (Fsp3) is 0.692. The summed E-state index contributed by atoms with van der Waals surface area (Å²) >= 11 is 0. The van der Waals surface area contributed by atoms with Gasteiger partial charge in [-0.15, -0.1) is 0 Å². The highest BCUT2D eigenvalue weighted by Crippen LogP contribution is 2.28. The molecular weight excluding hydrogens is 228 g/mol. The number of piperidine rings is 1. The van der Waals surface area contributed by atoms with Gasteiger partial charge in [0, 0.05) is 50.4 Å². The zero-order chi connectivity index (χ0) is 12.5. The summed E-state index contributed by atoms with van der Waals surface area (Å²) in [5.74, 6) is 0.323. The molecular formula is C13H20N4O. The van der Waals surface area contributed by atoms with Gasteiger partial charge < -0.3 is 10.2 Å². The number of aryl methyl sites for hydroxylation is 1. The molecule has 1 amide bonds. The van der Waals surface area contributed by atoms with E-state index in [1.165, 1.54) is 12.0 Å². The van der Waals surface area contributed by atoms with Crippen molar-refractivity contribution in [3.8, 4) is 0 Å². The highest BCUT2D eigenvalue weighted by atomic mass is 16.2. The Hall–Kier alpha value is -1.36. The number of aromatic nitrogens is 2. The second-order valence-electron chi connectivity index (χ2n) is 5.36. The Morgan fingerprint density at radius 3 is 3.17 bits per heavy atom. The molecule has 0 spiro atoms. The molecule has 2 aliphatic rings. The first-order valence-corrected chi connectivity index (χ1v) is 6.74. The molecule has 2 atom stereocenters. The molecule has 0 aliphatic carbocycles. The lowest BCUT2D eigenvalue weighted by atomic mass is 9.99. The topological polar surface area (TPSA) is 50.2 Å². The van der Waals surface area contributed by atoms with Crippen molar-refractivity contribution in [3.05, 3.63) is 18.0 Å². The third-order valence-corrected chi connectivity index (χ3v) is 4.06. The van der Waals surface area contributed by atoms with Crippen LogP contribution >= 0.6 is 0 Å². The molecule has 1 aromatic rings. The summed E-state index contributed by atoms with van der Waals surface area (Å²) in [6, 6.07) is 0.737. The summed E-state index contributed by atoms with van der Waals surface area (Å²) in [4.78, 5) is 14.0. The monoisotopic (exact) mass is 248 g/mol. The molecule has 98 valence electrons. The number of amides is 1. The summed E-state index contributed by atoms with van der Waals surface area (Å²) < 4.78 is 1.81. The highest BCUT2D eigenvalue weighted by molar-refractivity contribution is 5.80. The zero-order valence-corrected chi connectivity index (χ0v) is 10.8. The van der Waals surface area contributed by atoms with Crippen molar-refractivity contribution in [2.75, 3.05) is 6.54 Å². The lowest BCUT2D eigenvalue weighted by molar-refractivity contribution is -0.129. The van der Waals surface area contributed by atoms with E-state index in [1.54, 1.807) is 0 Å². The molecule has 3 rings (SSSR count). The summed E-state index contributed by atoms with van der Waals surface area (Å²) in [6.45, 7) is 1.75. The lowest BCUT2D eigenvalue weighted by Crippen LogP contribution is -2.45. The third kappa shape index (κ3) is 2.14. The first-order chi connectivity index (χ1) is 8.74. The van der Waals surface area contributed by atoms with E-state index >= 15 is 0 Å². The molecule has 5 heteroatoms. The molecule has 1 N–H and O–H groups in total. The van der Waals surface area contributed by atoms with Gasteiger partial charge in [-0.3, -0.25) is 9.48 Å². The molecule has 2 saturated heterocycles. The van der Waals surface area contributed by atoms with E-state index in [1.807, 2.05) is 24.1 Å². The Morgan fingerprint density at radius 2 is 2.39 bits per heavy atom. The van der Waals surface area contributed by atoms with E-state index in [2.05, 4.69) is 15.3 Å². The summed E-state index contributed by atoms with van der Waals surface area (Å²) in [7, 11) is 1.92. The maximum Gasteiger partial charge on any atom is 0.224 e. The molecule has 5 nitrogen and oxygen atoms in total. The SMILES string of the molecule is Cn1cc(CNC2CC(=O)N3CCCCC23)cn1. The average molecular weight is 248 g/mol. The van der Waals surface area contributed by atoms with Crippen molar-refractivity contribution in [3.63, 3.8) is 0 Å². The average Bonchev–Trinajstić information content (AvgIpc) is 2.92. The molecule has 0 bridgehead atoms. The van der Waals surface area contributed by atoms with Gasteiger partial charge in [-0.25, -0.2) is 0 Å². The van der Waals surface area contributed by atoms with Crippen molar-refractivity contribution in [1.82, 2.24) is 20.0 Å². The first-order valence-electron chi connectivity index (χ1n) is 6.74. The van der Waals surface area contributed by atoms with Gasteiger partial charge in [-0.2, -0.15) is 5.10 Å². The lowest BCUT2D eigenvalue weighted by Gasteiger charge is -2.32. The molecule has 0 aromatic carbocycles. The second kappa shape index (κ2) is 4.72. The predicted molar refractivity (Wildman–Crippen MR) is 67.8 cm³/mol. The van der Waals surface area contributed by atoms with Crippen LogP contribution in [0.4, 0.5) is 0 Å². The molecule has 2 fully saturated rings. The minimum atomic E-state index is 0.318. The number of carbonyl (C=O) groups excluding carboxylic acids is 1. The number of hydrogen-bond acceptors (Lipinski definition) is 3. The van der Waals surface area contributed by atoms with Crippen LogP contribution in [0.5, 0.6) is 0 Å². The number of carbonyl (C=O) groups is 1. The molecule has 0 saturated carbocycles. The minimum absolute atomic E-state index is 0.318. The van der Waals surface area contributed by atoms with Crippen LogP contribution in [0.25, 0.3) is 0 Å². The van der Waals surface area contributed by atoms with Crippen LogP contribution < -0.4 is 5.32 Å². The molecule has 3 heterocycles. The van der Waals surface area contributed by atoms with Gasteiger partial charge in [0.2, 0.25) is 5.91 Å². The standard InChI is InChI=1S/C13H20N4O/c1-16-9-10(8-15-16)7-14-11-6-13(18)17-5-3-2-4-12(11)17/h8-9,11-12,14H,2-7H2,1H3. The van der Waals surface area contributed by atoms with E-state index in [-0.39, 0.29) is 0 Å². The molecule has 2 aliphatic heterocycles. The Kier molecular flexibility index (Phi) is 3.07. The Balaban J connectivity index is 1.61. The number of rotatable bonds is 3. The normalized spacial score (nSPS) is 27.6. The van der Waals surface area contributed by atoms with E-state index in [0.29, 0.717) is 24.4 Å². The van der Waals surface area contributed by atoms with Crippen molar-refractivity contribution >= 4 is 5.91 Å². The first kappa shape index (κ1) is 11.7. The van der Waals surface area contributed by atoms with Gasteiger partial charge in [0.1, 0.15) is 0 Å². The van der Waals surface area contributed by atoms with Crippen molar-refractivity contribution in [1.29, 1.82) is 0 Å². The van der Waals surface area contributed by atoms with E-state index in [9.17, 15) is 4.79 Å². The molecule has 0 radical (unpaired) electrons. The molecule has 18 heavy (non-hydrogen) atoms. The zero-order valence-electron chi connectivity index (χ0n) is 10.8. The van der Waals surface area contributed by atoms with Gasteiger partial charge in [-0.1, -0.05) is 0 Å². The maximum atomic E-state index is 11.9. The fourth-order valence-corrected chi connectivity index (χ4v) is 3.15. The smallest absolute Gasteiger partial charge is 0.224 e. The van der Waals surface area contributed by atoms with Crippen LogP contribution in [0.15, 0.2) is 12.4 Å². The number of nitrogens with one attached hydrogen (secondary N) is 1. The van der Waals surface area contributed by atoms with Crippen LogP contribution in [0.2, 0.25) is 0 Å². The van der Waals surface area contributed by atoms with Gasteiger partial charge in [-0.05, 0) is 19.3 Å². The van der Waals surface area contributed by atoms with Crippen LogP contribution in [0.3, 0.4) is 0 Å². The summed E-state index contributed by atoms with van der Waals surface area (Å²) in [6.07, 6.45) is 8.11. The highest BCUT2D eigenvalue weighted by Gasteiger charge is 2.40. The van der Waals surface area contributed by atoms with Crippen molar-refractivity contribution in [2.45, 2.75) is 44.3 Å². The van der Waals surface area contributed by atoms with Crippen LogP contribution in [0.1, 0.15) is 31.2 Å². The van der Waals surface area contributed by atoms with Crippen LogP contribution in [0, 0.1) is 0 Å². The summed E-state index contributed by atoms with van der Waals surface area (Å²) in [5.41, 5.74) is 1.18. The number of fused-ring (bicyclic) bond motifs is 1. The predicted octanol–water partition coefficient (Wildman–Crippen LogP) is 0.663. The Morgan fingerprint density at radius 1 is 1.50 bits per heavy atom. The Labute approximate surface area is 107 Å². The summed E-state index contributed by atoms with van der Waals surface area (Å²) in [5, 5.41) is 7.68. The van der Waals surface area contributed by atoms with Crippen molar-refractivity contribution < 1.29 is 4.79 Å². The third-order valence-electron chi connectivity index (χ3n) is 4.06. The van der Waals surface area contributed by atoms with Crippen LogP contribution in [-0.2, 0) is 18.4 Å². The van der Waals surface area contributed by atoms with E-state index < -0.39 is 0 Å². The second-order valence-corrected chi connectivity index (χ2v) is 5.36. The largest absolute Gasteiger partial charge is 0.338 e. The van der Waals surface area contributed by atoms with Gasteiger partial charge in [0.05, 0.1) is 6.20 Å². The van der Waals surface area contributed by atoms with E-state index in [0.717, 1.165) is 25.9 Å². The van der Waals surface area contributed by atoms with Gasteiger partial charge >= 0.3 is 0 Å². The number of hydrogen-bond donors (Lipinski definition) is 1.